The van der Waals surface area contributed by atoms with Gasteiger partial charge in [0, 0.05) is 30.9 Å². The van der Waals surface area contributed by atoms with Crippen LogP contribution in [0.25, 0.3) is 0 Å². The van der Waals surface area contributed by atoms with Crippen molar-refractivity contribution in [1.29, 1.82) is 0 Å². The second kappa shape index (κ2) is 6.71. The average Bonchev–Trinajstić information content (AvgIpc) is 2.49. The first kappa shape index (κ1) is 14.7. The number of hydrogen-bond donors (Lipinski definition) is 0. The van der Waals surface area contributed by atoms with E-state index < -0.39 is 0 Å². The summed E-state index contributed by atoms with van der Waals surface area (Å²) < 4.78 is 5.30. The molecule has 0 atom stereocenters. The van der Waals surface area contributed by atoms with Crippen LogP contribution >= 0.6 is 0 Å². The molecule has 1 aromatic heterocycles. The number of hydrogen-bond acceptors (Lipinski definition) is 4. The molecule has 0 aliphatic carbocycles. The standard InChI is InChI=1S/C18H20N2O2/c1-14-9-16(7-8-19-14)17-10-20(11-17)12-18(21)22-13-15-5-3-2-4-6-15/h2-9,17H,10-13H2,1H3. The molecule has 2 aromatic rings. The van der Waals surface area contributed by atoms with Crippen molar-refractivity contribution < 1.29 is 9.53 Å². The molecule has 2 heterocycles. The normalized spacial score (nSPS) is 15.3. The van der Waals surface area contributed by atoms with Gasteiger partial charge < -0.3 is 4.74 Å². The smallest absolute Gasteiger partial charge is 0.320 e. The number of benzene rings is 1. The number of carbonyl (C=O) groups excluding carboxylic acids is 1. The minimum absolute atomic E-state index is 0.159. The summed E-state index contributed by atoms with van der Waals surface area (Å²) >= 11 is 0. The van der Waals surface area contributed by atoms with Gasteiger partial charge in [0.05, 0.1) is 6.54 Å². The van der Waals surface area contributed by atoms with Crippen LogP contribution in [0.5, 0.6) is 0 Å². The van der Waals surface area contributed by atoms with Gasteiger partial charge in [-0.05, 0) is 30.2 Å². The van der Waals surface area contributed by atoms with Crippen molar-refractivity contribution in [1.82, 2.24) is 9.88 Å². The summed E-state index contributed by atoms with van der Waals surface area (Å²) in [5, 5.41) is 0. The van der Waals surface area contributed by atoms with Crippen molar-refractivity contribution in [3.63, 3.8) is 0 Å². The molecule has 1 aliphatic heterocycles. The lowest BCUT2D eigenvalue weighted by Crippen LogP contribution is -2.47. The summed E-state index contributed by atoms with van der Waals surface area (Å²) in [6.07, 6.45) is 1.85. The van der Waals surface area contributed by atoms with Gasteiger partial charge >= 0.3 is 5.97 Å². The average molecular weight is 296 g/mol. The Morgan fingerprint density at radius 2 is 2.05 bits per heavy atom. The molecule has 0 radical (unpaired) electrons. The van der Waals surface area contributed by atoms with Crippen molar-refractivity contribution in [3.05, 3.63) is 65.5 Å². The Labute approximate surface area is 130 Å². The van der Waals surface area contributed by atoms with Crippen LogP contribution in [0, 0.1) is 6.92 Å². The molecule has 0 bridgehead atoms. The third-order valence-corrected chi connectivity index (χ3v) is 3.94. The maximum atomic E-state index is 11.8. The van der Waals surface area contributed by atoms with E-state index in [0.717, 1.165) is 24.3 Å². The highest BCUT2D eigenvalue weighted by Crippen LogP contribution is 2.26. The van der Waals surface area contributed by atoms with E-state index in [9.17, 15) is 4.79 Å². The van der Waals surface area contributed by atoms with Crippen LogP contribution in [0.3, 0.4) is 0 Å². The highest BCUT2D eigenvalue weighted by molar-refractivity contribution is 5.71. The van der Waals surface area contributed by atoms with Crippen molar-refractivity contribution in [2.75, 3.05) is 19.6 Å². The maximum Gasteiger partial charge on any atom is 0.320 e. The van der Waals surface area contributed by atoms with E-state index in [1.54, 1.807) is 0 Å². The lowest BCUT2D eigenvalue weighted by atomic mass is 9.92. The molecule has 0 saturated carbocycles. The predicted octanol–water partition coefficient (Wildman–Crippen LogP) is 2.53. The van der Waals surface area contributed by atoms with Gasteiger partial charge in [0.2, 0.25) is 0 Å². The van der Waals surface area contributed by atoms with Gasteiger partial charge in [-0.15, -0.1) is 0 Å². The molecule has 0 spiro atoms. The van der Waals surface area contributed by atoms with Gasteiger partial charge in [-0.3, -0.25) is 14.7 Å². The Morgan fingerprint density at radius 1 is 1.27 bits per heavy atom. The molecule has 0 amide bonds. The zero-order valence-corrected chi connectivity index (χ0v) is 12.7. The molecule has 4 heteroatoms. The highest BCUT2D eigenvalue weighted by Gasteiger charge is 2.29. The second-order valence-corrected chi connectivity index (χ2v) is 5.77. The molecule has 0 unspecified atom stereocenters. The molecule has 114 valence electrons. The second-order valence-electron chi connectivity index (χ2n) is 5.77. The molecular formula is C18H20N2O2. The fourth-order valence-corrected chi connectivity index (χ4v) is 2.70. The molecule has 1 saturated heterocycles. The Hall–Kier alpha value is -2.20. The first-order chi connectivity index (χ1) is 10.7. The Balaban J connectivity index is 1.41. The van der Waals surface area contributed by atoms with E-state index in [2.05, 4.69) is 22.0 Å². The van der Waals surface area contributed by atoms with Gasteiger partial charge in [0.1, 0.15) is 6.61 Å². The monoisotopic (exact) mass is 296 g/mol. The van der Waals surface area contributed by atoms with Crippen molar-refractivity contribution in [2.45, 2.75) is 19.4 Å². The number of carbonyl (C=O) groups is 1. The third-order valence-electron chi connectivity index (χ3n) is 3.94. The minimum atomic E-state index is -0.159. The molecule has 1 aliphatic rings. The number of aromatic nitrogens is 1. The minimum Gasteiger partial charge on any atom is -0.460 e. The van der Waals surface area contributed by atoms with Gasteiger partial charge in [0.25, 0.3) is 0 Å². The van der Waals surface area contributed by atoms with Crippen LogP contribution in [-0.2, 0) is 16.1 Å². The number of pyridine rings is 1. The molecule has 22 heavy (non-hydrogen) atoms. The van der Waals surface area contributed by atoms with Crippen LogP contribution in [-0.4, -0.2) is 35.5 Å². The van der Waals surface area contributed by atoms with Gasteiger partial charge in [-0.2, -0.15) is 0 Å². The Bertz CT molecular complexity index is 637. The van der Waals surface area contributed by atoms with Crippen molar-refractivity contribution >= 4 is 5.97 Å². The summed E-state index contributed by atoms with van der Waals surface area (Å²) in [5.74, 6) is 0.344. The van der Waals surface area contributed by atoms with Crippen molar-refractivity contribution in [2.24, 2.45) is 0 Å². The molecule has 3 rings (SSSR count). The van der Waals surface area contributed by atoms with Crippen LogP contribution in [0.1, 0.15) is 22.7 Å². The van der Waals surface area contributed by atoms with Gasteiger partial charge in [-0.25, -0.2) is 0 Å². The van der Waals surface area contributed by atoms with Crippen LogP contribution < -0.4 is 0 Å². The number of esters is 1. The largest absolute Gasteiger partial charge is 0.460 e. The molecular weight excluding hydrogens is 276 g/mol. The lowest BCUT2D eigenvalue weighted by molar-refractivity contribution is -0.147. The van der Waals surface area contributed by atoms with E-state index in [0.29, 0.717) is 19.1 Å². The van der Waals surface area contributed by atoms with Gasteiger partial charge in [0.15, 0.2) is 0 Å². The number of nitrogens with zero attached hydrogens (tertiary/aromatic N) is 2. The third kappa shape index (κ3) is 3.71. The summed E-state index contributed by atoms with van der Waals surface area (Å²) in [7, 11) is 0. The van der Waals surface area contributed by atoms with E-state index in [-0.39, 0.29) is 5.97 Å². The fourth-order valence-electron chi connectivity index (χ4n) is 2.70. The van der Waals surface area contributed by atoms with Crippen molar-refractivity contribution in [3.8, 4) is 0 Å². The summed E-state index contributed by atoms with van der Waals surface area (Å²) in [6, 6.07) is 13.9. The first-order valence-corrected chi connectivity index (χ1v) is 7.55. The summed E-state index contributed by atoms with van der Waals surface area (Å²) in [5.41, 5.74) is 3.37. The molecule has 0 N–H and O–H groups in total. The Kier molecular flexibility index (Phi) is 4.49. The fraction of sp³-hybridized carbons (Fsp3) is 0.333. The number of rotatable bonds is 5. The molecule has 4 nitrogen and oxygen atoms in total. The summed E-state index contributed by atoms with van der Waals surface area (Å²) in [6.45, 7) is 4.53. The van der Waals surface area contributed by atoms with Crippen LogP contribution in [0.2, 0.25) is 0 Å². The topological polar surface area (TPSA) is 42.4 Å². The van der Waals surface area contributed by atoms with E-state index in [1.807, 2.05) is 43.5 Å². The molecule has 1 aromatic carbocycles. The number of likely N-dealkylation sites (tertiary alicyclic amines) is 1. The molecule has 1 fully saturated rings. The quantitative estimate of drug-likeness (QED) is 0.795. The zero-order valence-electron chi connectivity index (χ0n) is 12.7. The van der Waals surface area contributed by atoms with Crippen LogP contribution in [0.4, 0.5) is 0 Å². The van der Waals surface area contributed by atoms with Gasteiger partial charge in [-0.1, -0.05) is 30.3 Å². The lowest BCUT2D eigenvalue weighted by Gasteiger charge is -2.38. The zero-order chi connectivity index (χ0) is 15.4. The predicted molar refractivity (Wildman–Crippen MR) is 84.4 cm³/mol. The van der Waals surface area contributed by atoms with Crippen LogP contribution in [0.15, 0.2) is 48.7 Å². The number of ether oxygens (including phenoxy) is 1. The Morgan fingerprint density at radius 3 is 2.77 bits per heavy atom. The van der Waals surface area contributed by atoms with E-state index in [4.69, 9.17) is 4.74 Å². The maximum absolute atomic E-state index is 11.8. The number of aryl methyl sites for hydroxylation is 1. The SMILES string of the molecule is Cc1cc(C2CN(CC(=O)OCc3ccccc3)C2)ccn1. The highest BCUT2D eigenvalue weighted by atomic mass is 16.5. The van der Waals surface area contributed by atoms with E-state index in [1.165, 1.54) is 5.56 Å². The first-order valence-electron chi connectivity index (χ1n) is 7.55. The van der Waals surface area contributed by atoms with E-state index >= 15 is 0 Å². The summed E-state index contributed by atoms with van der Waals surface area (Å²) in [4.78, 5) is 18.2.